The Morgan fingerprint density at radius 2 is 1.19 bits per heavy atom. The summed E-state index contributed by atoms with van der Waals surface area (Å²) in [6, 6.07) is 13.7. The molecule has 4 nitrogen and oxygen atoms in total. The van der Waals surface area contributed by atoms with Crippen LogP contribution in [0, 0.1) is 0 Å². The predicted molar refractivity (Wildman–Crippen MR) is 154 cm³/mol. The Kier molecular flexibility index (Phi) is 16.3. The third-order valence-electron chi connectivity index (χ3n) is 6.62. The molecule has 0 aliphatic heterocycles. The first-order chi connectivity index (χ1) is 18.2. The molecule has 2 rings (SSSR count). The molecule has 0 unspecified atom stereocenters. The summed E-state index contributed by atoms with van der Waals surface area (Å²) in [7, 11) is 0. The first kappa shape index (κ1) is 30.7. The van der Waals surface area contributed by atoms with E-state index in [0.717, 1.165) is 49.4 Å². The van der Waals surface area contributed by atoms with Gasteiger partial charge in [-0.3, -0.25) is 4.79 Å². The van der Waals surface area contributed by atoms with Crippen LogP contribution in [0.3, 0.4) is 0 Å². The molecule has 0 aromatic heterocycles. The van der Waals surface area contributed by atoms with Crippen molar-refractivity contribution in [1.82, 2.24) is 0 Å². The standard InChI is InChI=1S/C33H50O4/c1-4-7-10-15-24-35-29-21-23-32(36-25-16-11-8-5-2)28(27-29)20-22-31(34)30-18-13-14-19-33(30)37-26-17-12-9-6-3/h13-14,18-19,21,23,27H,4-12,15-17,20,22,24-26H2,1-3H3. The summed E-state index contributed by atoms with van der Waals surface area (Å²) in [6.45, 7) is 8.71. The summed E-state index contributed by atoms with van der Waals surface area (Å²) in [6.07, 6.45) is 15.0. The van der Waals surface area contributed by atoms with Gasteiger partial charge in [0.05, 0.1) is 25.4 Å². The molecule has 0 spiro atoms. The van der Waals surface area contributed by atoms with Crippen LogP contribution < -0.4 is 14.2 Å². The van der Waals surface area contributed by atoms with Gasteiger partial charge >= 0.3 is 0 Å². The maximum absolute atomic E-state index is 13.2. The van der Waals surface area contributed by atoms with Gasteiger partial charge in [0.1, 0.15) is 17.2 Å². The van der Waals surface area contributed by atoms with E-state index in [1.807, 2.05) is 36.4 Å². The zero-order chi connectivity index (χ0) is 26.6. The van der Waals surface area contributed by atoms with E-state index in [2.05, 4.69) is 26.8 Å². The van der Waals surface area contributed by atoms with E-state index in [-0.39, 0.29) is 5.78 Å². The second-order valence-electron chi connectivity index (χ2n) is 9.92. The predicted octanol–water partition coefficient (Wildman–Crippen LogP) is 9.38. The zero-order valence-corrected chi connectivity index (χ0v) is 23.7. The molecule has 0 aliphatic rings. The average Bonchev–Trinajstić information content (AvgIpc) is 2.92. The van der Waals surface area contributed by atoms with Crippen molar-refractivity contribution in [3.05, 3.63) is 53.6 Å². The largest absolute Gasteiger partial charge is 0.494 e. The molecule has 0 aliphatic carbocycles. The van der Waals surface area contributed by atoms with Gasteiger partial charge < -0.3 is 14.2 Å². The first-order valence-corrected chi connectivity index (χ1v) is 14.8. The van der Waals surface area contributed by atoms with Gasteiger partial charge in [0.15, 0.2) is 5.78 Å². The Bertz CT molecular complexity index is 876. The van der Waals surface area contributed by atoms with Crippen LogP contribution in [-0.4, -0.2) is 25.6 Å². The smallest absolute Gasteiger partial charge is 0.166 e. The highest BCUT2D eigenvalue weighted by Crippen LogP contribution is 2.28. The summed E-state index contributed by atoms with van der Waals surface area (Å²) >= 11 is 0. The normalized spacial score (nSPS) is 10.9. The van der Waals surface area contributed by atoms with E-state index in [1.54, 1.807) is 0 Å². The molecule has 4 heteroatoms. The summed E-state index contributed by atoms with van der Waals surface area (Å²) in [5.74, 6) is 2.51. The van der Waals surface area contributed by atoms with Gasteiger partial charge in [-0.1, -0.05) is 90.7 Å². The molecule has 0 N–H and O–H groups in total. The van der Waals surface area contributed by atoms with Crippen LogP contribution in [0.5, 0.6) is 17.2 Å². The SMILES string of the molecule is CCCCCCOc1ccc(OCCCCCC)c(CCC(=O)c2ccccc2OCCCCCC)c1. The van der Waals surface area contributed by atoms with E-state index in [0.29, 0.717) is 37.4 Å². The van der Waals surface area contributed by atoms with Crippen LogP contribution in [0.2, 0.25) is 0 Å². The first-order valence-electron chi connectivity index (χ1n) is 14.8. The molecule has 0 amide bonds. The summed E-state index contributed by atoms with van der Waals surface area (Å²) in [5.41, 5.74) is 1.70. The van der Waals surface area contributed by atoms with Crippen LogP contribution in [0.1, 0.15) is 120 Å². The second-order valence-corrected chi connectivity index (χ2v) is 9.92. The summed E-state index contributed by atoms with van der Waals surface area (Å²) in [4.78, 5) is 13.2. The highest BCUT2D eigenvalue weighted by atomic mass is 16.5. The Morgan fingerprint density at radius 3 is 1.81 bits per heavy atom. The number of ketones is 1. The van der Waals surface area contributed by atoms with Crippen molar-refractivity contribution in [3.63, 3.8) is 0 Å². The van der Waals surface area contributed by atoms with Gasteiger partial charge in [0.25, 0.3) is 0 Å². The zero-order valence-electron chi connectivity index (χ0n) is 23.7. The number of carbonyl (C=O) groups is 1. The fourth-order valence-corrected chi connectivity index (χ4v) is 4.33. The molecule has 0 saturated heterocycles. The Balaban J connectivity index is 2.01. The van der Waals surface area contributed by atoms with Crippen molar-refractivity contribution in [2.24, 2.45) is 0 Å². The topological polar surface area (TPSA) is 44.8 Å². The molecule has 206 valence electrons. The molecule has 0 heterocycles. The number of rotatable bonds is 22. The van der Waals surface area contributed by atoms with E-state index >= 15 is 0 Å². The summed E-state index contributed by atoms with van der Waals surface area (Å²) in [5, 5.41) is 0. The van der Waals surface area contributed by atoms with Crippen LogP contribution >= 0.6 is 0 Å². The molecule has 37 heavy (non-hydrogen) atoms. The lowest BCUT2D eigenvalue weighted by atomic mass is 10.0. The third-order valence-corrected chi connectivity index (χ3v) is 6.62. The van der Waals surface area contributed by atoms with E-state index < -0.39 is 0 Å². The lowest BCUT2D eigenvalue weighted by molar-refractivity contribution is 0.0978. The second kappa shape index (κ2) is 19.6. The molecule has 2 aromatic carbocycles. The number of para-hydroxylation sites is 1. The monoisotopic (exact) mass is 510 g/mol. The van der Waals surface area contributed by atoms with Crippen LogP contribution in [0.15, 0.2) is 42.5 Å². The molecule has 2 aromatic rings. The van der Waals surface area contributed by atoms with Gasteiger partial charge in [-0.15, -0.1) is 0 Å². The van der Waals surface area contributed by atoms with Gasteiger partial charge in [-0.05, 0) is 61.6 Å². The molecule has 0 bridgehead atoms. The highest BCUT2D eigenvalue weighted by molar-refractivity contribution is 5.98. The molecule has 0 atom stereocenters. The number of carbonyl (C=O) groups excluding carboxylic acids is 1. The molecular formula is C33H50O4. The lowest BCUT2D eigenvalue weighted by Crippen LogP contribution is -2.08. The van der Waals surface area contributed by atoms with E-state index in [9.17, 15) is 4.79 Å². The Labute approximate surface area is 226 Å². The highest BCUT2D eigenvalue weighted by Gasteiger charge is 2.15. The van der Waals surface area contributed by atoms with Crippen molar-refractivity contribution >= 4 is 5.78 Å². The van der Waals surface area contributed by atoms with Crippen molar-refractivity contribution in [1.29, 1.82) is 0 Å². The van der Waals surface area contributed by atoms with Crippen molar-refractivity contribution in [3.8, 4) is 17.2 Å². The van der Waals surface area contributed by atoms with Crippen molar-refractivity contribution < 1.29 is 19.0 Å². The van der Waals surface area contributed by atoms with Gasteiger partial charge in [-0.25, -0.2) is 0 Å². The minimum Gasteiger partial charge on any atom is -0.494 e. The third kappa shape index (κ3) is 12.5. The fourth-order valence-electron chi connectivity index (χ4n) is 4.33. The number of hydrogen-bond donors (Lipinski definition) is 0. The van der Waals surface area contributed by atoms with Crippen LogP contribution in [0.25, 0.3) is 0 Å². The maximum Gasteiger partial charge on any atom is 0.166 e. The lowest BCUT2D eigenvalue weighted by Gasteiger charge is -2.15. The van der Waals surface area contributed by atoms with Crippen molar-refractivity contribution in [2.75, 3.05) is 19.8 Å². The van der Waals surface area contributed by atoms with Crippen molar-refractivity contribution in [2.45, 2.75) is 111 Å². The number of ether oxygens (including phenoxy) is 3. The fraction of sp³-hybridized carbons (Fsp3) is 0.606. The minimum atomic E-state index is 0.101. The molecule has 0 saturated carbocycles. The van der Waals surface area contributed by atoms with E-state index in [1.165, 1.54) is 51.4 Å². The van der Waals surface area contributed by atoms with Gasteiger partial charge in [-0.2, -0.15) is 0 Å². The van der Waals surface area contributed by atoms with Gasteiger partial charge in [0.2, 0.25) is 0 Å². The maximum atomic E-state index is 13.2. The number of hydrogen-bond acceptors (Lipinski definition) is 4. The summed E-state index contributed by atoms with van der Waals surface area (Å²) < 4.78 is 18.2. The molecule has 0 fully saturated rings. The number of aryl methyl sites for hydroxylation is 1. The number of unbranched alkanes of at least 4 members (excludes halogenated alkanes) is 9. The Hall–Kier alpha value is -2.49. The number of Topliss-reactive ketones (excluding diaryl/α,β-unsaturated/α-hetero) is 1. The quantitative estimate of drug-likeness (QED) is 0.117. The van der Waals surface area contributed by atoms with Crippen LogP contribution in [0.4, 0.5) is 0 Å². The average molecular weight is 511 g/mol. The number of benzene rings is 2. The molecular weight excluding hydrogens is 460 g/mol. The van der Waals surface area contributed by atoms with E-state index in [4.69, 9.17) is 14.2 Å². The minimum absolute atomic E-state index is 0.101. The van der Waals surface area contributed by atoms with Gasteiger partial charge in [0, 0.05) is 6.42 Å². The van der Waals surface area contributed by atoms with Crippen LogP contribution in [-0.2, 0) is 6.42 Å². The molecule has 0 radical (unpaired) electrons. The Morgan fingerprint density at radius 1 is 0.622 bits per heavy atom.